The van der Waals surface area contributed by atoms with Gasteiger partial charge in [0.1, 0.15) is 6.33 Å². The molecule has 1 saturated carbocycles. The second kappa shape index (κ2) is 7.31. The van der Waals surface area contributed by atoms with Crippen molar-refractivity contribution in [3.63, 3.8) is 0 Å². The van der Waals surface area contributed by atoms with Gasteiger partial charge in [0, 0.05) is 36.3 Å². The number of aromatic amines is 1. The van der Waals surface area contributed by atoms with E-state index in [4.69, 9.17) is 4.74 Å². The molecule has 4 heterocycles. The molecule has 0 aliphatic heterocycles. The predicted octanol–water partition coefficient (Wildman–Crippen LogP) is 2.56. The van der Waals surface area contributed by atoms with Crippen LogP contribution in [0.3, 0.4) is 0 Å². The summed E-state index contributed by atoms with van der Waals surface area (Å²) in [5.41, 5.74) is 2.93. The molecule has 31 heavy (non-hydrogen) atoms. The number of anilines is 1. The molecule has 4 aromatic rings. The number of rotatable bonds is 5. The van der Waals surface area contributed by atoms with Crippen molar-refractivity contribution in [2.75, 3.05) is 12.4 Å². The summed E-state index contributed by atoms with van der Waals surface area (Å²) in [4.78, 5) is 40.8. The Bertz CT molecular complexity index is 1320. The van der Waals surface area contributed by atoms with E-state index in [1.807, 2.05) is 12.1 Å². The lowest BCUT2D eigenvalue weighted by atomic mass is 10.1. The minimum absolute atomic E-state index is 0.0239. The van der Waals surface area contributed by atoms with Gasteiger partial charge in [0.05, 0.1) is 29.6 Å². The molecule has 4 aromatic heterocycles. The molecule has 0 atom stereocenters. The van der Waals surface area contributed by atoms with Crippen molar-refractivity contribution < 1.29 is 14.3 Å². The number of aryl methyl sites for hydroxylation is 1. The van der Waals surface area contributed by atoms with Gasteiger partial charge >= 0.3 is 5.97 Å². The lowest BCUT2D eigenvalue weighted by molar-refractivity contribution is -0.117. The maximum atomic E-state index is 12.3. The van der Waals surface area contributed by atoms with Gasteiger partial charge in [-0.1, -0.05) is 0 Å². The van der Waals surface area contributed by atoms with Crippen molar-refractivity contribution >= 4 is 28.6 Å². The quantitative estimate of drug-likeness (QED) is 0.478. The van der Waals surface area contributed by atoms with Crippen LogP contribution in [-0.4, -0.2) is 48.7 Å². The first kappa shape index (κ1) is 18.9. The SMILES string of the molecule is COC(=O)c1cnc(NC(=O)C2CC2)c2[nH]c(-c3cc(-c4ncn(C)n4)ccn3)cc12. The number of amides is 1. The van der Waals surface area contributed by atoms with Crippen LogP contribution in [-0.2, 0) is 16.6 Å². The molecule has 0 unspecified atom stereocenters. The number of H-pyrrole nitrogens is 1. The first-order valence-corrected chi connectivity index (χ1v) is 9.77. The van der Waals surface area contributed by atoms with Crippen molar-refractivity contribution in [2.45, 2.75) is 12.8 Å². The molecule has 0 spiro atoms. The van der Waals surface area contributed by atoms with E-state index in [9.17, 15) is 9.59 Å². The fraction of sp³-hybridized carbons (Fsp3) is 0.238. The number of nitrogens with zero attached hydrogens (tertiary/aromatic N) is 5. The van der Waals surface area contributed by atoms with Crippen LogP contribution < -0.4 is 5.32 Å². The maximum Gasteiger partial charge on any atom is 0.340 e. The van der Waals surface area contributed by atoms with Crippen molar-refractivity contribution in [1.82, 2.24) is 29.7 Å². The number of pyridine rings is 2. The molecule has 1 amide bonds. The summed E-state index contributed by atoms with van der Waals surface area (Å²) in [6.45, 7) is 0. The van der Waals surface area contributed by atoms with Crippen molar-refractivity contribution in [2.24, 2.45) is 13.0 Å². The van der Waals surface area contributed by atoms with Gasteiger partial charge in [-0.25, -0.2) is 14.8 Å². The average molecular weight is 417 g/mol. The topological polar surface area (TPSA) is 128 Å². The number of ether oxygens (including phenoxy) is 1. The molecule has 10 nitrogen and oxygen atoms in total. The van der Waals surface area contributed by atoms with Crippen molar-refractivity contribution in [3.8, 4) is 22.8 Å². The van der Waals surface area contributed by atoms with Gasteiger partial charge < -0.3 is 15.0 Å². The van der Waals surface area contributed by atoms with Gasteiger partial charge in [0.25, 0.3) is 0 Å². The van der Waals surface area contributed by atoms with Crippen LogP contribution in [0, 0.1) is 5.92 Å². The second-order valence-electron chi connectivity index (χ2n) is 7.42. The zero-order chi connectivity index (χ0) is 21.5. The Kier molecular flexibility index (Phi) is 4.46. The molecule has 1 fully saturated rings. The Balaban J connectivity index is 1.61. The lowest BCUT2D eigenvalue weighted by Crippen LogP contribution is -2.15. The van der Waals surface area contributed by atoms with E-state index in [1.165, 1.54) is 13.3 Å². The number of hydrogen-bond donors (Lipinski definition) is 2. The van der Waals surface area contributed by atoms with Gasteiger partial charge in [-0.15, -0.1) is 0 Å². The Morgan fingerprint density at radius 3 is 2.77 bits per heavy atom. The summed E-state index contributed by atoms with van der Waals surface area (Å²) in [5, 5.41) is 7.77. The summed E-state index contributed by atoms with van der Waals surface area (Å²) in [5.74, 6) is 0.389. The fourth-order valence-electron chi connectivity index (χ4n) is 3.38. The van der Waals surface area contributed by atoms with Crippen LogP contribution >= 0.6 is 0 Å². The number of methoxy groups -OCH3 is 1. The highest BCUT2D eigenvalue weighted by Gasteiger charge is 2.30. The summed E-state index contributed by atoms with van der Waals surface area (Å²) in [7, 11) is 3.12. The van der Waals surface area contributed by atoms with Crippen LogP contribution in [0.2, 0.25) is 0 Å². The van der Waals surface area contributed by atoms with E-state index in [-0.39, 0.29) is 11.8 Å². The van der Waals surface area contributed by atoms with Crippen LogP contribution in [0.25, 0.3) is 33.7 Å². The molecule has 0 bridgehead atoms. The highest BCUT2D eigenvalue weighted by atomic mass is 16.5. The number of fused-ring (bicyclic) bond motifs is 1. The third kappa shape index (κ3) is 3.52. The number of esters is 1. The first-order valence-electron chi connectivity index (χ1n) is 9.77. The van der Waals surface area contributed by atoms with E-state index < -0.39 is 5.97 Å². The highest BCUT2D eigenvalue weighted by Crippen LogP contribution is 2.33. The molecule has 0 aromatic carbocycles. The molecule has 156 valence electrons. The van der Waals surface area contributed by atoms with Gasteiger partial charge in [-0.3, -0.25) is 14.5 Å². The standard InChI is InChI=1S/C21H19N7O3/c1-28-10-24-18(27-28)12-5-6-22-15(7-12)16-8-13-14(21(30)31-2)9-23-19(17(13)25-16)26-20(29)11-3-4-11/h5-11,25H,3-4H2,1-2H3,(H,23,26,29). The summed E-state index contributed by atoms with van der Waals surface area (Å²) < 4.78 is 6.52. The smallest absolute Gasteiger partial charge is 0.340 e. The third-order valence-electron chi connectivity index (χ3n) is 5.16. The predicted molar refractivity (Wildman–Crippen MR) is 112 cm³/mol. The number of carbonyl (C=O) groups excluding carboxylic acids is 2. The van der Waals surface area contributed by atoms with E-state index in [2.05, 4.69) is 30.4 Å². The molecule has 0 radical (unpaired) electrons. The van der Waals surface area contributed by atoms with Crippen LogP contribution in [0.5, 0.6) is 0 Å². The molecule has 1 aliphatic carbocycles. The molecular formula is C21H19N7O3. The summed E-state index contributed by atoms with van der Waals surface area (Å²) in [6.07, 6.45) is 6.46. The molecule has 0 saturated heterocycles. The van der Waals surface area contributed by atoms with Gasteiger partial charge in [0.2, 0.25) is 5.91 Å². The highest BCUT2D eigenvalue weighted by molar-refractivity contribution is 6.09. The Labute approximate surface area is 176 Å². The summed E-state index contributed by atoms with van der Waals surface area (Å²) >= 11 is 0. The third-order valence-corrected chi connectivity index (χ3v) is 5.16. The molecular weight excluding hydrogens is 398 g/mol. The number of hydrogen-bond acceptors (Lipinski definition) is 7. The molecule has 10 heteroatoms. The number of nitrogens with one attached hydrogen (secondary N) is 2. The van der Waals surface area contributed by atoms with Gasteiger partial charge in [0.15, 0.2) is 11.6 Å². The van der Waals surface area contributed by atoms with E-state index in [0.29, 0.717) is 39.5 Å². The van der Waals surface area contributed by atoms with Crippen LogP contribution in [0.4, 0.5) is 5.82 Å². The van der Waals surface area contributed by atoms with Crippen LogP contribution in [0.15, 0.2) is 36.9 Å². The summed E-state index contributed by atoms with van der Waals surface area (Å²) in [6, 6.07) is 5.48. The van der Waals surface area contributed by atoms with E-state index in [1.54, 1.807) is 30.3 Å². The lowest BCUT2D eigenvalue weighted by Gasteiger charge is -2.07. The maximum absolute atomic E-state index is 12.3. The van der Waals surface area contributed by atoms with E-state index in [0.717, 1.165) is 18.4 Å². The fourth-order valence-corrected chi connectivity index (χ4v) is 3.38. The largest absolute Gasteiger partial charge is 0.465 e. The molecule has 2 N–H and O–H groups in total. The van der Waals surface area contributed by atoms with Gasteiger partial charge in [-0.2, -0.15) is 5.10 Å². The van der Waals surface area contributed by atoms with Crippen LogP contribution in [0.1, 0.15) is 23.2 Å². The minimum Gasteiger partial charge on any atom is -0.465 e. The normalized spacial score (nSPS) is 13.4. The molecule has 1 aliphatic rings. The number of aromatic nitrogens is 6. The van der Waals surface area contributed by atoms with E-state index >= 15 is 0 Å². The zero-order valence-corrected chi connectivity index (χ0v) is 16.9. The van der Waals surface area contributed by atoms with Crippen molar-refractivity contribution in [1.29, 1.82) is 0 Å². The Hall–Kier alpha value is -4.08. The second-order valence-corrected chi connectivity index (χ2v) is 7.42. The monoisotopic (exact) mass is 417 g/mol. The minimum atomic E-state index is -0.512. The Morgan fingerprint density at radius 1 is 1.23 bits per heavy atom. The molecule has 5 rings (SSSR count). The van der Waals surface area contributed by atoms with Crippen molar-refractivity contribution in [3.05, 3.63) is 42.5 Å². The number of carbonyl (C=O) groups is 2. The van der Waals surface area contributed by atoms with Gasteiger partial charge in [-0.05, 0) is 31.0 Å². The zero-order valence-electron chi connectivity index (χ0n) is 16.9. The Morgan fingerprint density at radius 2 is 2.06 bits per heavy atom. The first-order chi connectivity index (χ1) is 15.0. The average Bonchev–Trinajstić information content (AvgIpc) is 3.39.